The summed E-state index contributed by atoms with van der Waals surface area (Å²) in [5, 5.41) is 25.4. The molecular weight excluding hydrogens is 636 g/mol. The molecule has 4 atom stereocenters. The molecule has 12 heteroatoms. The Balaban J connectivity index is 1.21. The maximum absolute atomic E-state index is 17.2. The van der Waals surface area contributed by atoms with Gasteiger partial charge in [-0.15, -0.1) is 6.42 Å². The number of phenolic OH excluding ortho intramolecular Hbond substituents is 1. The van der Waals surface area contributed by atoms with Crippen molar-refractivity contribution in [3.05, 3.63) is 53.1 Å². The van der Waals surface area contributed by atoms with E-state index in [9.17, 15) is 23.5 Å². The van der Waals surface area contributed by atoms with Crippen LogP contribution in [0.1, 0.15) is 49.7 Å². The first kappa shape index (κ1) is 30.4. The van der Waals surface area contributed by atoms with E-state index in [2.05, 4.69) is 32.1 Å². The van der Waals surface area contributed by atoms with Crippen molar-refractivity contribution in [1.82, 2.24) is 20.2 Å². The fourth-order valence-corrected chi connectivity index (χ4v) is 9.23. The normalized spacial score (nSPS) is 28.2. The van der Waals surface area contributed by atoms with Crippen LogP contribution in [-0.2, 0) is 0 Å². The van der Waals surface area contributed by atoms with E-state index < -0.39 is 28.5 Å². The lowest BCUT2D eigenvalue weighted by atomic mass is 9.89. The second kappa shape index (κ2) is 10.4. The van der Waals surface area contributed by atoms with Crippen LogP contribution in [0.25, 0.3) is 32.8 Å². The van der Waals surface area contributed by atoms with Crippen molar-refractivity contribution in [2.24, 2.45) is 5.41 Å². The van der Waals surface area contributed by atoms with Crippen LogP contribution in [0.2, 0.25) is 0 Å². The van der Waals surface area contributed by atoms with Crippen LogP contribution in [0.3, 0.4) is 0 Å². The number of aromatic hydroxyl groups is 1. The van der Waals surface area contributed by atoms with Gasteiger partial charge in [0.1, 0.15) is 29.5 Å². The van der Waals surface area contributed by atoms with Crippen LogP contribution in [-0.4, -0.2) is 76.3 Å². The fourth-order valence-electron chi connectivity index (χ4n) is 9.23. The Morgan fingerprint density at radius 1 is 1.10 bits per heavy atom. The molecule has 0 unspecified atom stereocenters. The summed E-state index contributed by atoms with van der Waals surface area (Å²) in [6.07, 6.45) is 9.44. The molecule has 0 amide bonds. The van der Waals surface area contributed by atoms with Crippen LogP contribution < -0.4 is 15.0 Å². The summed E-state index contributed by atoms with van der Waals surface area (Å²) >= 11 is 0. The molecule has 8 nitrogen and oxygen atoms in total. The summed E-state index contributed by atoms with van der Waals surface area (Å²) < 4.78 is 67.5. The van der Waals surface area contributed by atoms with E-state index in [1.54, 1.807) is 0 Å². The molecule has 250 valence electrons. The lowest BCUT2D eigenvalue weighted by molar-refractivity contribution is 0.0647. The first-order valence-electron chi connectivity index (χ1n) is 16.7. The second-order valence-corrected chi connectivity index (χ2v) is 14.5. The van der Waals surface area contributed by atoms with Gasteiger partial charge < -0.3 is 20.1 Å². The van der Waals surface area contributed by atoms with Crippen molar-refractivity contribution in [3.63, 3.8) is 0 Å². The highest BCUT2D eigenvalue weighted by atomic mass is 19.3. The number of hydrogen-bond donors (Lipinski definition) is 2. The minimum atomic E-state index is -2.69. The quantitative estimate of drug-likeness (QED) is 0.202. The van der Waals surface area contributed by atoms with E-state index >= 15 is 4.39 Å². The maximum atomic E-state index is 17.2. The SMILES string of the molecule is C#Cc1c(F)ccc2cc(O)cc(-c3c(C#N)cc4c(N5C[C@H]6CC[C@@H](C5)N6)nc(OC[C@]56CCCN5C[C@@]5(CC5(F)F)C6)nc4c3F)c12. The van der Waals surface area contributed by atoms with Gasteiger partial charge in [0.15, 0.2) is 5.82 Å². The molecule has 1 saturated carbocycles. The third-order valence-electron chi connectivity index (χ3n) is 11.6. The number of alkyl halides is 2. The molecule has 0 radical (unpaired) electrons. The number of aromatic nitrogens is 2. The highest BCUT2D eigenvalue weighted by Crippen LogP contribution is 2.69. The van der Waals surface area contributed by atoms with E-state index in [1.807, 2.05) is 0 Å². The standard InChI is InChI=1S/C37H32F4N6O2/c1-2-25-28(38)7-4-20-10-24(48)12-26(29(20)25)30-21(13-42)11-27-32(31(30)39)44-34(45-33(27)46-14-22-5-6-23(15-46)43-22)49-19-36-8-3-9-47(36)18-35(16-36)17-37(35,40)41/h1,4,7,10-12,22-23,43,48H,3,5-6,8-9,14-19H2/t22-,23+,35-,36+/m0/s1. The molecule has 49 heavy (non-hydrogen) atoms. The Labute approximate surface area is 279 Å². The number of nitrogens with one attached hydrogen (secondary N) is 1. The number of nitrogens with zero attached hydrogens (tertiary/aromatic N) is 5. The molecule has 1 spiro atoms. The zero-order valence-corrected chi connectivity index (χ0v) is 26.5. The molecule has 9 rings (SSSR count). The molecule has 4 saturated heterocycles. The molecule has 4 aromatic rings. The molecular formula is C37H32F4N6O2. The van der Waals surface area contributed by atoms with Crippen molar-refractivity contribution in [3.8, 4) is 41.3 Å². The van der Waals surface area contributed by atoms with Gasteiger partial charge in [-0.2, -0.15) is 15.2 Å². The number of benzene rings is 3. The van der Waals surface area contributed by atoms with Crippen molar-refractivity contribution in [2.75, 3.05) is 37.7 Å². The van der Waals surface area contributed by atoms with E-state index in [0.717, 1.165) is 19.3 Å². The van der Waals surface area contributed by atoms with Crippen molar-refractivity contribution in [1.29, 1.82) is 5.26 Å². The fraction of sp³-hybridized carbons (Fsp3) is 0.432. The van der Waals surface area contributed by atoms with Crippen LogP contribution in [0.4, 0.5) is 23.4 Å². The van der Waals surface area contributed by atoms with E-state index in [1.165, 1.54) is 30.3 Å². The number of nitriles is 1. The number of piperazine rings is 1. The van der Waals surface area contributed by atoms with Gasteiger partial charge in [0, 0.05) is 54.5 Å². The first-order valence-corrected chi connectivity index (χ1v) is 16.7. The van der Waals surface area contributed by atoms with Gasteiger partial charge >= 0.3 is 6.01 Å². The van der Waals surface area contributed by atoms with Gasteiger partial charge in [-0.3, -0.25) is 4.90 Å². The van der Waals surface area contributed by atoms with Crippen LogP contribution in [0.15, 0.2) is 30.3 Å². The number of terminal acetylenes is 1. The van der Waals surface area contributed by atoms with Gasteiger partial charge in [0.05, 0.1) is 28.2 Å². The third-order valence-corrected chi connectivity index (χ3v) is 11.6. The summed E-state index contributed by atoms with van der Waals surface area (Å²) in [5.41, 5.74) is -2.07. The Hall–Kier alpha value is -4.65. The van der Waals surface area contributed by atoms with E-state index in [4.69, 9.17) is 16.1 Å². The van der Waals surface area contributed by atoms with Crippen LogP contribution >= 0.6 is 0 Å². The number of halogens is 4. The number of hydrogen-bond acceptors (Lipinski definition) is 8. The van der Waals surface area contributed by atoms with Gasteiger partial charge in [0.25, 0.3) is 5.92 Å². The summed E-state index contributed by atoms with van der Waals surface area (Å²) in [4.78, 5) is 13.5. The zero-order chi connectivity index (χ0) is 33.9. The predicted molar refractivity (Wildman–Crippen MR) is 175 cm³/mol. The van der Waals surface area contributed by atoms with Crippen LogP contribution in [0, 0.1) is 40.7 Å². The molecule has 3 aromatic carbocycles. The highest BCUT2D eigenvalue weighted by molar-refractivity contribution is 6.05. The number of rotatable bonds is 5. The summed E-state index contributed by atoms with van der Waals surface area (Å²) in [6.45, 7) is 2.32. The minimum Gasteiger partial charge on any atom is -0.508 e. The minimum absolute atomic E-state index is 0.0448. The number of phenols is 1. The van der Waals surface area contributed by atoms with Gasteiger partial charge in [-0.1, -0.05) is 12.0 Å². The predicted octanol–water partition coefficient (Wildman–Crippen LogP) is 5.87. The highest BCUT2D eigenvalue weighted by Gasteiger charge is 2.77. The monoisotopic (exact) mass is 668 g/mol. The summed E-state index contributed by atoms with van der Waals surface area (Å²) in [6, 6.07) is 9.21. The van der Waals surface area contributed by atoms with Crippen molar-refractivity contribution in [2.45, 2.75) is 62.1 Å². The number of ether oxygens (including phenoxy) is 1. The largest absolute Gasteiger partial charge is 0.508 e. The zero-order valence-electron chi connectivity index (χ0n) is 26.5. The van der Waals surface area contributed by atoms with Crippen molar-refractivity contribution >= 4 is 27.5 Å². The lowest BCUT2D eigenvalue weighted by Gasteiger charge is -2.35. The van der Waals surface area contributed by atoms with Gasteiger partial charge in [-0.25, -0.2) is 17.6 Å². The molecule has 5 aliphatic rings. The van der Waals surface area contributed by atoms with Crippen molar-refractivity contribution < 1.29 is 27.4 Å². The van der Waals surface area contributed by atoms with Gasteiger partial charge in [0.2, 0.25) is 0 Å². The molecule has 4 aliphatic heterocycles. The molecule has 1 aliphatic carbocycles. The average molecular weight is 669 g/mol. The maximum Gasteiger partial charge on any atom is 0.319 e. The Morgan fingerprint density at radius 3 is 2.59 bits per heavy atom. The first-order chi connectivity index (χ1) is 23.5. The Morgan fingerprint density at radius 2 is 1.88 bits per heavy atom. The molecule has 5 fully saturated rings. The van der Waals surface area contributed by atoms with Crippen LogP contribution in [0.5, 0.6) is 11.8 Å². The molecule has 5 heterocycles. The third kappa shape index (κ3) is 4.50. The number of anilines is 1. The van der Waals surface area contributed by atoms with E-state index in [0.29, 0.717) is 55.6 Å². The molecule has 2 N–H and O–H groups in total. The lowest BCUT2D eigenvalue weighted by Crippen LogP contribution is -2.51. The smallest absolute Gasteiger partial charge is 0.319 e. The van der Waals surface area contributed by atoms with Gasteiger partial charge in [-0.05, 0) is 73.9 Å². The summed E-state index contributed by atoms with van der Waals surface area (Å²) in [5.74, 6) is -1.73. The molecule has 2 bridgehead atoms. The Kier molecular flexibility index (Phi) is 6.47. The Bertz CT molecular complexity index is 2170. The second-order valence-electron chi connectivity index (χ2n) is 14.5. The number of fused-ring (bicyclic) bond motifs is 5. The van der Waals surface area contributed by atoms with E-state index in [-0.39, 0.29) is 70.0 Å². The summed E-state index contributed by atoms with van der Waals surface area (Å²) in [7, 11) is 0. The topological polar surface area (TPSA) is 97.5 Å². The molecule has 1 aromatic heterocycles. The average Bonchev–Trinajstić information content (AvgIpc) is 3.40.